The maximum atomic E-state index is 13.4. The number of amides is 1. The van der Waals surface area contributed by atoms with E-state index in [0.717, 1.165) is 28.2 Å². The summed E-state index contributed by atoms with van der Waals surface area (Å²) in [5, 5.41) is 0.773. The van der Waals surface area contributed by atoms with E-state index in [-0.39, 0.29) is 11.5 Å². The second kappa shape index (κ2) is 9.28. The van der Waals surface area contributed by atoms with Gasteiger partial charge >= 0.3 is 6.18 Å². The standard InChI is InChI=1S/C26H28F3N5O/c1-15-20(7-6-8-22(15)26(27,28)29)16(2)31-25-21-13-23(19-9-11-34(12-10-19)18(4)35)30-14-24(21)33(5)17(3)32-25/h6-9,13-14,16H,10-12H2,1-5H3. The van der Waals surface area contributed by atoms with Gasteiger partial charge in [0.05, 0.1) is 29.0 Å². The van der Waals surface area contributed by atoms with Gasteiger partial charge in [0.1, 0.15) is 5.82 Å². The Morgan fingerprint density at radius 1 is 1.23 bits per heavy atom. The quantitative estimate of drug-likeness (QED) is 0.532. The minimum atomic E-state index is -4.42. The lowest BCUT2D eigenvalue weighted by Gasteiger charge is -2.25. The lowest BCUT2D eigenvalue weighted by molar-refractivity contribution is -0.138. The fourth-order valence-corrected chi connectivity index (χ4v) is 4.49. The van der Waals surface area contributed by atoms with Crippen molar-refractivity contribution >= 4 is 22.4 Å². The van der Waals surface area contributed by atoms with Crippen molar-refractivity contribution in [1.82, 2.24) is 19.4 Å². The maximum Gasteiger partial charge on any atom is 0.416 e. The highest BCUT2D eigenvalue weighted by atomic mass is 19.4. The van der Waals surface area contributed by atoms with Gasteiger partial charge in [0.25, 0.3) is 0 Å². The molecule has 9 heteroatoms. The number of fused-ring (bicyclic) bond motifs is 1. The second-order valence-electron chi connectivity index (χ2n) is 8.90. The van der Waals surface area contributed by atoms with Gasteiger partial charge in [-0.3, -0.25) is 14.8 Å². The van der Waals surface area contributed by atoms with Crippen LogP contribution >= 0.6 is 0 Å². The van der Waals surface area contributed by atoms with E-state index in [1.54, 1.807) is 31.0 Å². The zero-order valence-corrected chi connectivity index (χ0v) is 20.4. The second-order valence-corrected chi connectivity index (χ2v) is 8.90. The average Bonchev–Trinajstić information content (AvgIpc) is 2.81. The van der Waals surface area contributed by atoms with Crippen LogP contribution in [0.4, 0.5) is 13.2 Å². The van der Waals surface area contributed by atoms with Gasteiger partial charge in [0.2, 0.25) is 5.91 Å². The van der Waals surface area contributed by atoms with Crippen LogP contribution in [0, 0.1) is 13.8 Å². The Balaban J connectivity index is 1.83. The summed E-state index contributed by atoms with van der Waals surface area (Å²) >= 11 is 0. The summed E-state index contributed by atoms with van der Waals surface area (Å²) < 4.78 is 42.2. The number of carbonyl (C=O) groups excluding carboxylic acids is 1. The van der Waals surface area contributed by atoms with E-state index in [0.29, 0.717) is 36.4 Å². The van der Waals surface area contributed by atoms with Crippen molar-refractivity contribution < 1.29 is 18.0 Å². The van der Waals surface area contributed by atoms with E-state index in [2.05, 4.69) is 9.97 Å². The molecule has 0 fully saturated rings. The molecule has 3 aromatic rings. The highest BCUT2D eigenvalue weighted by molar-refractivity contribution is 5.82. The zero-order valence-electron chi connectivity index (χ0n) is 20.4. The van der Waals surface area contributed by atoms with E-state index < -0.39 is 17.8 Å². The Bertz CT molecular complexity index is 1400. The molecule has 1 aliphatic rings. The van der Waals surface area contributed by atoms with Crippen LogP contribution in [0.15, 0.2) is 41.5 Å². The number of aryl methyl sites for hydroxylation is 2. The normalized spacial score (nSPS) is 15.9. The number of benzene rings is 1. The van der Waals surface area contributed by atoms with Crippen molar-refractivity contribution in [2.45, 2.75) is 46.3 Å². The SMILES string of the molecule is CC(=O)N1CC=C(c2cc3c(=NC(C)c4cccc(C(F)(F)F)c4C)nc(C)n(C)c3cn2)CC1. The number of nitrogens with zero attached hydrogens (tertiary/aromatic N) is 5. The van der Waals surface area contributed by atoms with E-state index in [9.17, 15) is 18.0 Å². The Morgan fingerprint density at radius 3 is 2.60 bits per heavy atom. The number of alkyl halides is 3. The predicted molar refractivity (Wildman–Crippen MR) is 128 cm³/mol. The van der Waals surface area contributed by atoms with Gasteiger partial charge in [-0.15, -0.1) is 0 Å². The molecule has 0 N–H and O–H groups in total. The highest BCUT2D eigenvalue weighted by Crippen LogP contribution is 2.35. The molecule has 1 aromatic carbocycles. The third kappa shape index (κ3) is 4.85. The van der Waals surface area contributed by atoms with Crippen molar-refractivity contribution in [2.75, 3.05) is 13.1 Å². The van der Waals surface area contributed by atoms with Crippen molar-refractivity contribution in [3.63, 3.8) is 0 Å². The summed E-state index contributed by atoms with van der Waals surface area (Å²) in [5.74, 6) is 0.756. The first-order valence-electron chi connectivity index (χ1n) is 11.5. The van der Waals surface area contributed by atoms with E-state index in [1.165, 1.54) is 13.0 Å². The molecule has 3 heterocycles. The molecular weight excluding hydrogens is 455 g/mol. The zero-order chi connectivity index (χ0) is 25.5. The molecule has 0 spiro atoms. The molecule has 184 valence electrons. The molecule has 1 amide bonds. The lowest BCUT2D eigenvalue weighted by atomic mass is 9.97. The van der Waals surface area contributed by atoms with Crippen molar-refractivity contribution in [1.29, 1.82) is 0 Å². The number of carbonyl (C=O) groups is 1. The molecule has 6 nitrogen and oxygen atoms in total. The number of pyridine rings is 1. The number of rotatable bonds is 3. The Hall–Kier alpha value is -3.49. The number of aromatic nitrogens is 3. The minimum Gasteiger partial charge on any atom is -0.339 e. The monoisotopic (exact) mass is 483 g/mol. The molecule has 0 saturated heterocycles. The van der Waals surface area contributed by atoms with Crippen LogP contribution in [-0.4, -0.2) is 38.4 Å². The summed E-state index contributed by atoms with van der Waals surface area (Å²) in [6.07, 6.45) is 0.0484. The fourth-order valence-electron chi connectivity index (χ4n) is 4.49. The number of hydrogen-bond donors (Lipinski definition) is 0. The van der Waals surface area contributed by atoms with E-state index >= 15 is 0 Å². The van der Waals surface area contributed by atoms with Crippen molar-refractivity contribution in [2.24, 2.45) is 12.0 Å². The van der Waals surface area contributed by atoms with Gasteiger partial charge in [-0.1, -0.05) is 18.2 Å². The molecule has 35 heavy (non-hydrogen) atoms. The van der Waals surface area contributed by atoms with Crippen LogP contribution in [0.3, 0.4) is 0 Å². The van der Waals surface area contributed by atoms with Gasteiger partial charge in [-0.25, -0.2) is 4.98 Å². The van der Waals surface area contributed by atoms with Gasteiger partial charge in [0.15, 0.2) is 5.49 Å². The van der Waals surface area contributed by atoms with Crippen LogP contribution in [0.2, 0.25) is 0 Å². The van der Waals surface area contributed by atoms with Gasteiger partial charge < -0.3 is 9.47 Å². The Kier molecular flexibility index (Phi) is 6.53. The number of halogens is 3. The molecule has 1 atom stereocenters. The van der Waals surface area contributed by atoms with Crippen molar-refractivity contribution in [3.8, 4) is 0 Å². The van der Waals surface area contributed by atoms with Crippen molar-refractivity contribution in [3.05, 3.63) is 70.2 Å². The first kappa shape index (κ1) is 24.6. The van der Waals surface area contributed by atoms with Gasteiger partial charge in [-0.05, 0) is 56.0 Å². The van der Waals surface area contributed by atoms with Crippen LogP contribution in [-0.2, 0) is 18.0 Å². The summed E-state index contributed by atoms with van der Waals surface area (Å²) in [4.78, 5) is 27.5. The number of hydrogen-bond acceptors (Lipinski definition) is 4. The third-order valence-corrected chi connectivity index (χ3v) is 6.67. The van der Waals surface area contributed by atoms with Gasteiger partial charge in [-0.2, -0.15) is 13.2 Å². The summed E-state index contributed by atoms with van der Waals surface area (Å²) in [6.45, 7) is 7.83. The molecule has 0 saturated carbocycles. The maximum absolute atomic E-state index is 13.4. The Labute approximate surface area is 201 Å². The highest BCUT2D eigenvalue weighted by Gasteiger charge is 2.33. The van der Waals surface area contributed by atoms with Crippen LogP contribution in [0.5, 0.6) is 0 Å². The van der Waals surface area contributed by atoms with Crippen LogP contribution < -0.4 is 5.49 Å². The average molecular weight is 484 g/mol. The largest absolute Gasteiger partial charge is 0.416 e. The van der Waals surface area contributed by atoms with Gasteiger partial charge in [0, 0.05) is 32.4 Å². The molecule has 1 aliphatic heterocycles. The summed E-state index contributed by atoms with van der Waals surface area (Å²) in [7, 11) is 1.89. The predicted octanol–water partition coefficient (Wildman–Crippen LogP) is 4.90. The molecule has 4 rings (SSSR count). The molecule has 0 radical (unpaired) electrons. The van der Waals surface area contributed by atoms with Crippen LogP contribution in [0.25, 0.3) is 16.5 Å². The lowest BCUT2D eigenvalue weighted by Crippen LogP contribution is -2.32. The third-order valence-electron chi connectivity index (χ3n) is 6.67. The van der Waals surface area contributed by atoms with Crippen LogP contribution in [0.1, 0.15) is 54.5 Å². The summed E-state index contributed by atoms with van der Waals surface area (Å²) in [6, 6.07) is 5.59. The molecular formula is C26H28F3N5O. The molecule has 0 aliphatic carbocycles. The first-order chi connectivity index (χ1) is 16.5. The summed E-state index contributed by atoms with van der Waals surface area (Å²) in [5.41, 5.74) is 3.14. The molecule has 1 unspecified atom stereocenters. The smallest absolute Gasteiger partial charge is 0.339 e. The molecule has 0 bridgehead atoms. The minimum absolute atomic E-state index is 0.0402. The Morgan fingerprint density at radius 2 is 1.97 bits per heavy atom. The molecule has 2 aromatic heterocycles. The fraction of sp³-hybridized carbons (Fsp3) is 0.385. The van der Waals surface area contributed by atoms with E-state index in [4.69, 9.17) is 4.99 Å². The van der Waals surface area contributed by atoms with E-state index in [1.807, 2.05) is 30.7 Å². The topological polar surface area (TPSA) is 63.4 Å². The first-order valence-corrected chi connectivity index (χ1v) is 11.5.